The van der Waals surface area contributed by atoms with Gasteiger partial charge in [-0.05, 0) is 117 Å². The SMILES string of the molecule is CCCCCCCC(=O)Oc1ccc(Oc2c(I)cc(C[C@H](N)C(=O)O)cc2I)cc1I. The lowest BCUT2D eigenvalue weighted by Gasteiger charge is -2.14. The third-order valence-electron chi connectivity index (χ3n) is 4.66. The number of carbonyl (C=O) groups is 2. The number of carbonyl (C=O) groups excluding carboxylic acids is 1. The number of halogens is 3. The van der Waals surface area contributed by atoms with Crippen LogP contribution in [0.3, 0.4) is 0 Å². The van der Waals surface area contributed by atoms with Crippen molar-refractivity contribution in [2.45, 2.75) is 57.9 Å². The van der Waals surface area contributed by atoms with Crippen LogP contribution in [0.2, 0.25) is 0 Å². The summed E-state index contributed by atoms with van der Waals surface area (Å²) in [6.45, 7) is 2.17. The Morgan fingerprint density at radius 1 is 1.00 bits per heavy atom. The number of nitrogens with two attached hydrogens (primary N) is 1. The first-order valence-corrected chi connectivity index (χ1v) is 13.6. The lowest BCUT2D eigenvalue weighted by Crippen LogP contribution is -2.32. The maximum Gasteiger partial charge on any atom is 0.320 e. The standard InChI is InChI=1S/C23H26I3NO5/c1-2-3-4-5-6-7-21(28)32-20-9-8-15(13-16(20)24)31-22-17(25)10-14(11-18(22)26)12-19(27)23(29)30/h8-11,13,19H,2-7,12,27H2,1H3,(H,29,30)/t19-/m0/s1. The smallest absolute Gasteiger partial charge is 0.320 e. The number of carboxylic acids is 1. The highest BCUT2D eigenvalue weighted by molar-refractivity contribution is 14.1. The van der Waals surface area contributed by atoms with E-state index < -0.39 is 12.0 Å². The van der Waals surface area contributed by atoms with Crippen molar-refractivity contribution in [3.63, 3.8) is 0 Å². The number of ether oxygens (including phenoxy) is 2. The zero-order valence-corrected chi connectivity index (χ0v) is 24.2. The fourth-order valence-corrected chi connectivity index (χ4v) is 5.68. The van der Waals surface area contributed by atoms with Crippen LogP contribution in [-0.2, 0) is 16.0 Å². The van der Waals surface area contributed by atoms with Crippen LogP contribution in [0.4, 0.5) is 0 Å². The van der Waals surface area contributed by atoms with Gasteiger partial charge in [0.2, 0.25) is 0 Å². The van der Waals surface area contributed by atoms with Crippen molar-refractivity contribution in [1.29, 1.82) is 0 Å². The number of unbranched alkanes of at least 4 members (excludes halogenated alkanes) is 4. The molecule has 0 bridgehead atoms. The maximum absolute atomic E-state index is 12.1. The van der Waals surface area contributed by atoms with Crippen LogP contribution in [0, 0.1) is 10.7 Å². The Bertz CT molecular complexity index is 928. The van der Waals surface area contributed by atoms with E-state index >= 15 is 0 Å². The molecule has 0 aliphatic rings. The van der Waals surface area contributed by atoms with E-state index in [2.05, 4.69) is 74.7 Å². The van der Waals surface area contributed by atoms with Gasteiger partial charge in [-0.15, -0.1) is 0 Å². The van der Waals surface area contributed by atoms with Gasteiger partial charge in [0, 0.05) is 6.42 Å². The molecule has 9 heteroatoms. The third kappa shape index (κ3) is 8.93. The number of hydrogen-bond acceptors (Lipinski definition) is 5. The summed E-state index contributed by atoms with van der Waals surface area (Å²) >= 11 is 6.46. The van der Waals surface area contributed by atoms with Crippen LogP contribution >= 0.6 is 67.8 Å². The van der Waals surface area contributed by atoms with E-state index in [1.54, 1.807) is 12.1 Å². The summed E-state index contributed by atoms with van der Waals surface area (Å²) in [5.74, 6) is 0.597. The fraction of sp³-hybridized carbons (Fsp3) is 0.391. The number of carboxylic acid groups (broad SMARTS) is 1. The van der Waals surface area contributed by atoms with Gasteiger partial charge in [0.05, 0.1) is 10.7 Å². The molecule has 0 fully saturated rings. The van der Waals surface area contributed by atoms with Gasteiger partial charge in [-0.25, -0.2) is 0 Å². The highest BCUT2D eigenvalue weighted by atomic mass is 127. The Hall–Kier alpha value is -0.670. The average molecular weight is 777 g/mol. The average Bonchev–Trinajstić information content (AvgIpc) is 2.72. The zero-order chi connectivity index (χ0) is 23.7. The quantitative estimate of drug-likeness (QED) is 0.110. The second-order valence-corrected chi connectivity index (χ2v) is 10.9. The van der Waals surface area contributed by atoms with Gasteiger partial charge in [-0.3, -0.25) is 9.59 Å². The molecule has 0 saturated heterocycles. The first-order chi connectivity index (χ1) is 15.2. The van der Waals surface area contributed by atoms with Crippen molar-refractivity contribution in [2.75, 3.05) is 0 Å². The molecule has 0 spiro atoms. The van der Waals surface area contributed by atoms with E-state index in [1.807, 2.05) is 18.2 Å². The zero-order valence-electron chi connectivity index (χ0n) is 17.7. The van der Waals surface area contributed by atoms with E-state index in [0.717, 1.165) is 35.5 Å². The Labute approximate surface area is 229 Å². The normalized spacial score (nSPS) is 11.8. The molecule has 1 atom stereocenters. The van der Waals surface area contributed by atoms with Crippen molar-refractivity contribution in [2.24, 2.45) is 5.73 Å². The minimum atomic E-state index is -1.03. The van der Waals surface area contributed by atoms with Crippen LogP contribution in [0.25, 0.3) is 0 Å². The fourth-order valence-electron chi connectivity index (χ4n) is 2.96. The molecule has 3 N–H and O–H groups in total. The minimum absolute atomic E-state index is 0.215. The van der Waals surface area contributed by atoms with E-state index in [0.29, 0.717) is 23.7 Å². The molecule has 0 saturated carbocycles. The van der Waals surface area contributed by atoms with Gasteiger partial charge in [0.25, 0.3) is 0 Å². The molecular weight excluding hydrogens is 751 g/mol. The molecule has 0 radical (unpaired) electrons. The van der Waals surface area contributed by atoms with Gasteiger partial charge in [0.1, 0.15) is 17.5 Å². The molecule has 174 valence electrons. The number of hydrogen-bond donors (Lipinski definition) is 2. The van der Waals surface area contributed by atoms with Gasteiger partial charge < -0.3 is 20.3 Å². The summed E-state index contributed by atoms with van der Waals surface area (Å²) in [6.07, 6.45) is 6.10. The van der Waals surface area contributed by atoms with E-state index in [1.165, 1.54) is 12.8 Å². The largest absolute Gasteiger partial charge is 0.480 e. The predicted octanol–water partition coefficient (Wildman–Crippen LogP) is 6.51. The van der Waals surface area contributed by atoms with Crippen molar-refractivity contribution in [3.8, 4) is 17.2 Å². The summed E-state index contributed by atoms with van der Waals surface area (Å²) in [6, 6.07) is 8.15. The molecule has 0 unspecified atom stereocenters. The van der Waals surface area contributed by atoms with Crippen LogP contribution in [-0.4, -0.2) is 23.1 Å². The number of esters is 1. The molecule has 0 amide bonds. The molecule has 2 aromatic carbocycles. The van der Waals surface area contributed by atoms with Crippen molar-refractivity contribution in [1.82, 2.24) is 0 Å². The third-order valence-corrected chi connectivity index (χ3v) is 7.11. The van der Waals surface area contributed by atoms with Crippen LogP contribution in [0.15, 0.2) is 30.3 Å². The second kappa shape index (κ2) is 13.9. The van der Waals surface area contributed by atoms with Crippen molar-refractivity contribution < 1.29 is 24.2 Å². The number of benzene rings is 2. The maximum atomic E-state index is 12.1. The van der Waals surface area contributed by atoms with Crippen LogP contribution in [0.1, 0.15) is 51.0 Å². The Kier molecular flexibility index (Phi) is 12.0. The Balaban J connectivity index is 2.01. The Morgan fingerprint density at radius 3 is 2.25 bits per heavy atom. The minimum Gasteiger partial charge on any atom is -0.480 e. The second-order valence-electron chi connectivity index (χ2n) is 7.37. The van der Waals surface area contributed by atoms with Gasteiger partial charge in [0.15, 0.2) is 5.75 Å². The molecule has 0 heterocycles. The van der Waals surface area contributed by atoms with E-state index in [9.17, 15) is 9.59 Å². The summed E-state index contributed by atoms with van der Waals surface area (Å²) < 4.78 is 14.1. The Morgan fingerprint density at radius 2 is 1.66 bits per heavy atom. The van der Waals surface area contributed by atoms with Crippen LogP contribution in [0.5, 0.6) is 17.2 Å². The number of aliphatic carboxylic acids is 1. The summed E-state index contributed by atoms with van der Waals surface area (Å²) in [7, 11) is 0. The first kappa shape index (κ1) is 27.6. The molecule has 2 rings (SSSR count). The van der Waals surface area contributed by atoms with Crippen molar-refractivity contribution in [3.05, 3.63) is 46.6 Å². The lowest BCUT2D eigenvalue weighted by molar-refractivity contribution is -0.138. The van der Waals surface area contributed by atoms with Gasteiger partial charge in [-0.2, -0.15) is 0 Å². The van der Waals surface area contributed by atoms with E-state index in [-0.39, 0.29) is 12.4 Å². The highest BCUT2D eigenvalue weighted by Crippen LogP contribution is 2.35. The molecule has 6 nitrogen and oxygen atoms in total. The van der Waals surface area contributed by atoms with Crippen molar-refractivity contribution >= 4 is 79.7 Å². The van der Waals surface area contributed by atoms with E-state index in [4.69, 9.17) is 20.3 Å². The monoisotopic (exact) mass is 777 g/mol. The molecular formula is C23H26I3NO5. The lowest BCUT2D eigenvalue weighted by atomic mass is 10.1. The first-order valence-electron chi connectivity index (χ1n) is 10.4. The predicted molar refractivity (Wildman–Crippen MR) is 149 cm³/mol. The van der Waals surface area contributed by atoms with Gasteiger partial charge >= 0.3 is 11.9 Å². The summed E-state index contributed by atoms with van der Waals surface area (Å²) in [5.41, 5.74) is 6.49. The van der Waals surface area contributed by atoms with Gasteiger partial charge in [-0.1, -0.05) is 32.6 Å². The molecule has 32 heavy (non-hydrogen) atoms. The van der Waals surface area contributed by atoms with Crippen LogP contribution < -0.4 is 15.2 Å². The molecule has 0 aliphatic heterocycles. The molecule has 2 aromatic rings. The number of rotatable bonds is 12. The highest BCUT2D eigenvalue weighted by Gasteiger charge is 2.16. The topological polar surface area (TPSA) is 98.9 Å². The molecule has 0 aromatic heterocycles. The summed E-state index contributed by atoms with van der Waals surface area (Å²) in [5, 5.41) is 9.02. The molecule has 0 aliphatic carbocycles. The summed E-state index contributed by atoms with van der Waals surface area (Å²) in [4.78, 5) is 23.1.